The number of carbonyl (C=O) groups is 1. The summed E-state index contributed by atoms with van der Waals surface area (Å²) in [6.45, 7) is 10.00. The van der Waals surface area contributed by atoms with Crippen molar-refractivity contribution in [2.75, 3.05) is 4.90 Å². The number of thiophene rings is 1. The summed E-state index contributed by atoms with van der Waals surface area (Å²) in [5.41, 5.74) is 1.06. The summed E-state index contributed by atoms with van der Waals surface area (Å²) >= 11 is 3.45. The summed E-state index contributed by atoms with van der Waals surface area (Å²) < 4.78 is 0. The normalized spacial score (nSPS) is 14.6. The molecule has 0 saturated heterocycles. The van der Waals surface area contributed by atoms with Crippen molar-refractivity contribution in [3.05, 3.63) is 33.0 Å². The second kappa shape index (κ2) is 7.33. The van der Waals surface area contributed by atoms with Gasteiger partial charge in [0.15, 0.2) is 5.13 Å². The van der Waals surface area contributed by atoms with Gasteiger partial charge < -0.3 is 0 Å². The van der Waals surface area contributed by atoms with Crippen LogP contribution in [-0.4, -0.2) is 27.9 Å². The lowest BCUT2D eigenvalue weighted by Crippen LogP contribution is -2.31. The van der Waals surface area contributed by atoms with Crippen LogP contribution in [-0.2, 0) is 17.9 Å². The fourth-order valence-electron chi connectivity index (χ4n) is 2.76. The molecule has 0 N–H and O–H groups in total. The number of hydrogen-bond donors (Lipinski definition) is 0. The molecule has 0 unspecified atom stereocenters. The summed E-state index contributed by atoms with van der Waals surface area (Å²) in [7, 11) is 0. The minimum atomic E-state index is 0.105. The van der Waals surface area contributed by atoms with Gasteiger partial charge in [0.05, 0.1) is 5.69 Å². The Kier molecular flexibility index (Phi) is 5.37. The zero-order valence-corrected chi connectivity index (χ0v) is 16.4. The molecule has 130 valence electrons. The van der Waals surface area contributed by atoms with E-state index in [1.807, 2.05) is 16.2 Å². The number of anilines is 1. The van der Waals surface area contributed by atoms with Crippen LogP contribution < -0.4 is 4.90 Å². The van der Waals surface area contributed by atoms with Gasteiger partial charge in [-0.1, -0.05) is 0 Å². The first-order chi connectivity index (χ1) is 11.4. The molecule has 6 heteroatoms. The van der Waals surface area contributed by atoms with Crippen LogP contribution in [0.4, 0.5) is 5.13 Å². The molecule has 2 heterocycles. The Bertz CT molecular complexity index is 703. The largest absolute Gasteiger partial charge is 0.290 e. The maximum absolute atomic E-state index is 11.9. The average Bonchev–Trinajstić information content (AvgIpc) is 3.08. The fraction of sp³-hybridized carbons (Fsp3) is 0.556. The van der Waals surface area contributed by atoms with Crippen LogP contribution in [0.15, 0.2) is 17.5 Å². The number of thiazole rings is 1. The molecule has 2 aromatic heterocycles. The molecule has 4 nitrogen and oxygen atoms in total. The second-order valence-corrected chi connectivity index (χ2v) is 8.96. The van der Waals surface area contributed by atoms with E-state index in [4.69, 9.17) is 4.98 Å². The molecule has 0 spiro atoms. The molecule has 0 aliphatic heterocycles. The Hall–Kier alpha value is -1.24. The predicted molar refractivity (Wildman–Crippen MR) is 102 cm³/mol. The summed E-state index contributed by atoms with van der Waals surface area (Å²) in [6.07, 6.45) is 2.20. The fourth-order valence-corrected chi connectivity index (χ4v) is 4.61. The molecule has 0 atom stereocenters. The number of rotatable bonds is 7. The lowest BCUT2D eigenvalue weighted by atomic mass is 10.2. The van der Waals surface area contributed by atoms with Crippen molar-refractivity contribution in [3.8, 4) is 0 Å². The molecular formula is C18H25N3OS2. The lowest BCUT2D eigenvalue weighted by molar-refractivity contribution is -0.116. The number of nitrogens with zero attached hydrogens (tertiary/aromatic N) is 3. The first-order valence-electron chi connectivity index (χ1n) is 8.47. The van der Waals surface area contributed by atoms with E-state index < -0.39 is 0 Å². The smallest absolute Gasteiger partial charge is 0.225 e. The molecule has 0 aromatic carbocycles. The van der Waals surface area contributed by atoms with Crippen molar-refractivity contribution in [1.29, 1.82) is 0 Å². The van der Waals surface area contributed by atoms with Gasteiger partial charge in [-0.3, -0.25) is 14.6 Å². The second-order valence-electron chi connectivity index (χ2n) is 6.75. The molecule has 1 fully saturated rings. The van der Waals surface area contributed by atoms with Gasteiger partial charge in [-0.25, -0.2) is 4.98 Å². The third-order valence-electron chi connectivity index (χ3n) is 4.25. The zero-order valence-electron chi connectivity index (χ0n) is 14.8. The van der Waals surface area contributed by atoms with E-state index >= 15 is 0 Å². The number of aryl methyl sites for hydroxylation is 1. The van der Waals surface area contributed by atoms with Crippen molar-refractivity contribution in [1.82, 2.24) is 9.88 Å². The first-order valence-corrected chi connectivity index (χ1v) is 10.2. The minimum Gasteiger partial charge on any atom is -0.290 e. The number of carbonyl (C=O) groups excluding carboxylic acids is 1. The number of aromatic nitrogens is 1. The van der Waals surface area contributed by atoms with Crippen LogP contribution in [0, 0.1) is 6.92 Å². The molecule has 0 radical (unpaired) electrons. The van der Waals surface area contributed by atoms with Crippen LogP contribution in [0.1, 0.15) is 49.1 Å². The molecule has 1 aliphatic rings. The van der Waals surface area contributed by atoms with E-state index in [0.29, 0.717) is 12.1 Å². The van der Waals surface area contributed by atoms with Crippen LogP contribution in [0.25, 0.3) is 0 Å². The summed E-state index contributed by atoms with van der Waals surface area (Å²) in [5.74, 6) is 0.105. The Morgan fingerprint density at radius 2 is 2.08 bits per heavy atom. The maximum Gasteiger partial charge on any atom is 0.225 e. The van der Waals surface area contributed by atoms with Gasteiger partial charge >= 0.3 is 0 Å². The maximum atomic E-state index is 11.9. The van der Waals surface area contributed by atoms with Crippen molar-refractivity contribution < 1.29 is 4.79 Å². The highest BCUT2D eigenvalue weighted by molar-refractivity contribution is 7.14. The molecule has 3 rings (SSSR count). The number of amides is 1. The molecule has 1 saturated carbocycles. The molecule has 1 amide bonds. The summed E-state index contributed by atoms with van der Waals surface area (Å²) in [5, 5.41) is 2.96. The average molecular weight is 364 g/mol. The van der Waals surface area contributed by atoms with Crippen LogP contribution >= 0.6 is 22.7 Å². The van der Waals surface area contributed by atoms with Crippen molar-refractivity contribution in [3.63, 3.8) is 0 Å². The van der Waals surface area contributed by atoms with Crippen molar-refractivity contribution in [2.45, 2.75) is 65.7 Å². The third kappa shape index (κ3) is 4.23. The van der Waals surface area contributed by atoms with Gasteiger partial charge in [0, 0.05) is 47.2 Å². The van der Waals surface area contributed by atoms with Crippen molar-refractivity contribution >= 4 is 33.7 Å². The minimum absolute atomic E-state index is 0.105. The standard InChI is InChI=1S/C18H25N3OS2/c1-12(2)20(10-17-8-5-13(3)24-17)9-15-11-23-18(19-15)21(14(4)22)16-6-7-16/h5,8,11-12,16H,6-7,9-10H2,1-4H3. The molecule has 2 aromatic rings. The summed E-state index contributed by atoms with van der Waals surface area (Å²) in [6, 6.07) is 5.22. The third-order valence-corrected chi connectivity index (χ3v) is 6.12. The van der Waals surface area contributed by atoms with E-state index in [9.17, 15) is 4.79 Å². The van der Waals surface area contributed by atoms with E-state index in [0.717, 1.165) is 36.8 Å². The Balaban J connectivity index is 1.70. The first kappa shape index (κ1) is 17.6. The van der Waals surface area contributed by atoms with Gasteiger partial charge in [-0.15, -0.1) is 22.7 Å². The Morgan fingerprint density at radius 3 is 2.62 bits per heavy atom. The predicted octanol–water partition coefficient (Wildman–Crippen LogP) is 4.44. The van der Waals surface area contributed by atoms with Gasteiger partial charge in [-0.05, 0) is 45.7 Å². The van der Waals surface area contributed by atoms with Gasteiger partial charge in [0.25, 0.3) is 0 Å². The zero-order chi connectivity index (χ0) is 17.3. The Morgan fingerprint density at radius 1 is 1.33 bits per heavy atom. The highest BCUT2D eigenvalue weighted by atomic mass is 32.1. The quantitative estimate of drug-likeness (QED) is 0.730. The Labute approximate surface area is 152 Å². The number of hydrogen-bond acceptors (Lipinski definition) is 5. The van der Waals surface area contributed by atoms with Crippen molar-refractivity contribution in [2.24, 2.45) is 0 Å². The molecule has 1 aliphatic carbocycles. The van der Waals surface area contributed by atoms with Gasteiger partial charge in [0.1, 0.15) is 0 Å². The monoisotopic (exact) mass is 363 g/mol. The van der Waals surface area contributed by atoms with Crippen LogP contribution in [0.2, 0.25) is 0 Å². The topological polar surface area (TPSA) is 36.4 Å². The van der Waals surface area contributed by atoms with Gasteiger partial charge in [0.2, 0.25) is 5.91 Å². The highest BCUT2D eigenvalue weighted by Crippen LogP contribution is 2.34. The summed E-state index contributed by atoms with van der Waals surface area (Å²) in [4.78, 5) is 23.7. The molecule has 24 heavy (non-hydrogen) atoms. The molecular weight excluding hydrogens is 338 g/mol. The molecule has 0 bridgehead atoms. The van der Waals surface area contributed by atoms with E-state index in [-0.39, 0.29) is 5.91 Å². The highest BCUT2D eigenvalue weighted by Gasteiger charge is 2.33. The van der Waals surface area contributed by atoms with Crippen LogP contribution in [0.3, 0.4) is 0 Å². The SMILES string of the molecule is CC(=O)N(c1nc(CN(Cc2ccc(C)s2)C(C)C)cs1)C1CC1. The van der Waals surface area contributed by atoms with Crippen LogP contribution in [0.5, 0.6) is 0 Å². The van der Waals surface area contributed by atoms with E-state index in [2.05, 4.69) is 43.2 Å². The lowest BCUT2D eigenvalue weighted by Gasteiger charge is -2.25. The van der Waals surface area contributed by atoms with Gasteiger partial charge in [-0.2, -0.15) is 0 Å². The van der Waals surface area contributed by atoms with E-state index in [1.165, 1.54) is 9.75 Å². The van der Waals surface area contributed by atoms with E-state index in [1.54, 1.807) is 18.3 Å².